The van der Waals surface area contributed by atoms with Gasteiger partial charge in [-0.1, -0.05) is 13.8 Å². The molecule has 1 atom stereocenters. The van der Waals surface area contributed by atoms with Gasteiger partial charge in [-0.2, -0.15) is 11.8 Å². The Kier molecular flexibility index (Phi) is 8.94. The second-order valence-electron chi connectivity index (χ2n) is 4.57. The van der Waals surface area contributed by atoms with Gasteiger partial charge in [0, 0.05) is 13.0 Å². The molecule has 0 rings (SSSR count). The Balaban J connectivity index is 3.87. The normalized spacial score (nSPS) is 12.5. The first-order chi connectivity index (χ1) is 7.97. The predicted molar refractivity (Wildman–Crippen MR) is 71.2 cm³/mol. The topological polar surface area (TPSA) is 66.4 Å². The molecule has 1 amide bonds. The number of nitrogens with one attached hydrogen (secondary N) is 1. The lowest BCUT2D eigenvalue weighted by Gasteiger charge is -2.15. The summed E-state index contributed by atoms with van der Waals surface area (Å²) in [5, 5.41) is 11.7. The van der Waals surface area contributed by atoms with Gasteiger partial charge in [0.25, 0.3) is 0 Å². The van der Waals surface area contributed by atoms with E-state index in [0.29, 0.717) is 18.8 Å². The second-order valence-corrected chi connectivity index (χ2v) is 5.55. The molecule has 0 bridgehead atoms. The lowest BCUT2D eigenvalue weighted by Crippen LogP contribution is -2.33. The molecule has 0 aliphatic rings. The number of rotatable bonds is 9. The average Bonchev–Trinajstić information content (AvgIpc) is 2.23. The van der Waals surface area contributed by atoms with Crippen LogP contribution in [0.15, 0.2) is 0 Å². The van der Waals surface area contributed by atoms with Crippen LogP contribution >= 0.6 is 11.8 Å². The first-order valence-corrected chi connectivity index (χ1v) is 7.35. The minimum absolute atomic E-state index is 0.0472. The highest BCUT2D eigenvalue weighted by molar-refractivity contribution is 7.98. The Hall–Kier alpha value is -0.710. The van der Waals surface area contributed by atoms with Crippen LogP contribution in [0, 0.1) is 11.8 Å². The first-order valence-electron chi connectivity index (χ1n) is 5.95. The van der Waals surface area contributed by atoms with Crippen molar-refractivity contribution in [2.24, 2.45) is 11.8 Å². The van der Waals surface area contributed by atoms with Gasteiger partial charge in [-0.25, -0.2) is 0 Å². The summed E-state index contributed by atoms with van der Waals surface area (Å²) >= 11 is 1.71. The Morgan fingerprint density at radius 2 is 2.00 bits per heavy atom. The highest BCUT2D eigenvalue weighted by atomic mass is 32.2. The number of hydrogen-bond donors (Lipinski definition) is 2. The molecule has 0 aliphatic carbocycles. The summed E-state index contributed by atoms with van der Waals surface area (Å²) in [5.41, 5.74) is 0. The van der Waals surface area contributed by atoms with Crippen LogP contribution in [0.1, 0.15) is 33.1 Å². The number of carbonyl (C=O) groups excluding carboxylic acids is 1. The highest BCUT2D eigenvalue weighted by Crippen LogP contribution is 2.11. The SMILES string of the molecule is CSCCCC(=O)NCC(CC(C)C)C(=O)O. The fourth-order valence-electron chi connectivity index (χ4n) is 1.54. The standard InChI is InChI=1S/C12H23NO3S/c1-9(2)7-10(12(15)16)8-13-11(14)5-4-6-17-3/h9-10H,4-8H2,1-3H3,(H,13,14)(H,15,16). The molecule has 0 aromatic carbocycles. The van der Waals surface area contributed by atoms with Crippen LogP contribution in [-0.2, 0) is 9.59 Å². The van der Waals surface area contributed by atoms with Crippen LogP contribution < -0.4 is 5.32 Å². The van der Waals surface area contributed by atoms with Crippen LogP contribution in [0.2, 0.25) is 0 Å². The molecule has 0 fully saturated rings. The van der Waals surface area contributed by atoms with Crippen molar-refractivity contribution in [1.82, 2.24) is 5.32 Å². The van der Waals surface area contributed by atoms with Crippen LogP contribution in [0.3, 0.4) is 0 Å². The van der Waals surface area contributed by atoms with Crippen molar-refractivity contribution >= 4 is 23.6 Å². The van der Waals surface area contributed by atoms with E-state index >= 15 is 0 Å². The van der Waals surface area contributed by atoms with Gasteiger partial charge in [0.2, 0.25) is 5.91 Å². The maximum Gasteiger partial charge on any atom is 0.308 e. The van der Waals surface area contributed by atoms with E-state index in [1.165, 1.54) is 0 Å². The van der Waals surface area contributed by atoms with Crippen molar-refractivity contribution in [1.29, 1.82) is 0 Å². The molecule has 0 heterocycles. The Bertz CT molecular complexity index is 244. The maximum absolute atomic E-state index is 11.4. The van der Waals surface area contributed by atoms with E-state index in [1.54, 1.807) is 11.8 Å². The molecule has 0 saturated carbocycles. The Labute approximate surface area is 108 Å². The van der Waals surface area contributed by atoms with E-state index in [0.717, 1.165) is 12.2 Å². The molecule has 0 aromatic heterocycles. The van der Waals surface area contributed by atoms with Gasteiger partial charge in [0.15, 0.2) is 0 Å². The number of carbonyl (C=O) groups is 2. The molecule has 0 aromatic rings. The number of amides is 1. The molecule has 4 nitrogen and oxygen atoms in total. The third kappa shape index (κ3) is 9.03. The summed E-state index contributed by atoms with van der Waals surface area (Å²) in [4.78, 5) is 22.4. The van der Waals surface area contributed by atoms with Crippen molar-refractivity contribution in [2.75, 3.05) is 18.6 Å². The van der Waals surface area contributed by atoms with E-state index < -0.39 is 11.9 Å². The Morgan fingerprint density at radius 3 is 2.47 bits per heavy atom. The zero-order valence-corrected chi connectivity index (χ0v) is 11.7. The minimum atomic E-state index is -0.830. The lowest BCUT2D eigenvalue weighted by molar-refractivity contribution is -0.142. The predicted octanol–water partition coefficient (Wildman–Crippen LogP) is 1.99. The molecule has 5 heteroatoms. The number of aliphatic carboxylic acids is 1. The molecular weight excluding hydrogens is 238 g/mol. The van der Waals surface area contributed by atoms with Crippen molar-refractivity contribution in [3.8, 4) is 0 Å². The zero-order chi connectivity index (χ0) is 13.3. The first kappa shape index (κ1) is 16.3. The van der Waals surface area contributed by atoms with Crippen LogP contribution in [0.4, 0.5) is 0 Å². The average molecular weight is 261 g/mol. The Morgan fingerprint density at radius 1 is 1.35 bits per heavy atom. The number of carboxylic acids is 1. The maximum atomic E-state index is 11.4. The number of carboxylic acid groups (broad SMARTS) is 1. The monoisotopic (exact) mass is 261 g/mol. The van der Waals surface area contributed by atoms with Gasteiger partial charge in [-0.05, 0) is 30.8 Å². The van der Waals surface area contributed by atoms with E-state index in [1.807, 2.05) is 20.1 Å². The molecule has 0 saturated heterocycles. The summed E-state index contributed by atoms with van der Waals surface area (Å²) in [6.07, 6.45) is 3.92. The third-order valence-corrected chi connectivity index (χ3v) is 3.10. The van der Waals surface area contributed by atoms with Gasteiger partial charge in [-0.3, -0.25) is 9.59 Å². The molecule has 2 N–H and O–H groups in total. The summed E-state index contributed by atoms with van der Waals surface area (Å²) in [6.45, 7) is 4.21. The van der Waals surface area contributed by atoms with Crippen LogP contribution in [0.25, 0.3) is 0 Å². The molecule has 100 valence electrons. The van der Waals surface area contributed by atoms with E-state index in [2.05, 4.69) is 5.32 Å². The van der Waals surface area contributed by atoms with Crippen molar-refractivity contribution in [3.05, 3.63) is 0 Å². The summed E-state index contributed by atoms with van der Waals surface area (Å²) < 4.78 is 0. The van der Waals surface area contributed by atoms with Crippen molar-refractivity contribution < 1.29 is 14.7 Å². The molecule has 17 heavy (non-hydrogen) atoms. The van der Waals surface area contributed by atoms with Gasteiger partial charge >= 0.3 is 5.97 Å². The smallest absolute Gasteiger partial charge is 0.308 e. The fourth-order valence-corrected chi connectivity index (χ4v) is 1.98. The van der Waals surface area contributed by atoms with Crippen molar-refractivity contribution in [3.63, 3.8) is 0 Å². The zero-order valence-electron chi connectivity index (χ0n) is 10.9. The fraction of sp³-hybridized carbons (Fsp3) is 0.833. The third-order valence-electron chi connectivity index (χ3n) is 2.40. The number of hydrogen-bond acceptors (Lipinski definition) is 3. The van der Waals surface area contributed by atoms with Crippen LogP contribution in [0.5, 0.6) is 0 Å². The molecule has 1 unspecified atom stereocenters. The van der Waals surface area contributed by atoms with Crippen LogP contribution in [-0.4, -0.2) is 35.5 Å². The lowest BCUT2D eigenvalue weighted by atomic mass is 9.97. The number of thioether (sulfide) groups is 1. The van der Waals surface area contributed by atoms with E-state index in [9.17, 15) is 9.59 Å². The van der Waals surface area contributed by atoms with Gasteiger partial charge < -0.3 is 10.4 Å². The summed E-state index contributed by atoms with van der Waals surface area (Å²) in [6, 6.07) is 0. The second kappa shape index (κ2) is 9.33. The van der Waals surface area contributed by atoms with Gasteiger partial charge in [0.05, 0.1) is 5.92 Å². The molecule has 0 spiro atoms. The van der Waals surface area contributed by atoms with Gasteiger partial charge in [-0.15, -0.1) is 0 Å². The highest BCUT2D eigenvalue weighted by Gasteiger charge is 2.19. The van der Waals surface area contributed by atoms with E-state index in [4.69, 9.17) is 5.11 Å². The molecular formula is C12H23NO3S. The van der Waals surface area contributed by atoms with Gasteiger partial charge in [0.1, 0.15) is 0 Å². The molecule has 0 aliphatic heterocycles. The largest absolute Gasteiger partial charge is 0.481 e. The summed E-state index contributed by atoms with van der Waals surface area (Å²) in [7, 11) is 0. The van der Waals surface area contributed by atoms with Crippen molar-refractivity contribution in [2.45, 2.75) is 33.1 Å². The van der Waals surface area contributed by atoms with E-state index in [-0.39, 0.29) is 12.5 Å². The minimum Gasteiger partial charge on any atom is -0.481 e. The summed E-state index contributed by atoms with van der Waals surface area (Å²) in [5.74, 6) is -0.0666. The quantitative estimate of drug-likeness (QED) is 0.623. The molecule has 0 radical (unpaired) electrons.